The number of likely N-dealkylation sites (tertiary alicyclic amines) is 1. The van der Waals surface area contributed by atoms with E-state index in [0.29, 0.717) is 22.6 Å². The Morgan fingerprint density at radius 1 is 1.06 bits per heavy atom. The van der Waals surface area contributed by atoms with Crippen molar-refractivity contribution < 1.29 is 9.47 Å². The zero-order valence-corrected chi connectivity index (χ0v) is 18.1. The Morgan fingerprint density at radius 2 is 1.81 bits per heavy atom. The SMILES string of the molecule is COc1cc2c(=O)n(-c3ccc(OC4CCN(C5CCC5)CC4)cc3)c(C)nc2cn1. The summed E-state index contributed by atoms with van der Waals surface area (Å²) in [4.78, 5) is 24.5. The molecule has 1 saturated heterocycles. The number of ether oxygens (including phenoxy) is 2. The van der Waals surface area contributed by atoms with Gasteiger partial charge in [0.2, 0.25) is 5.88 Å². The first kappa shape index (κ1) is 20.0. The molecule has 7 nitrogen and oxygen atoms in total. The molecule has 1 aliphatic heterocycles. The molecule has 0 radical (unpaired) electrons. The molecule has 1 aliphatic carbocycles. The Kier molecular flexibility index (Phi) is 5.36. The Bertz CT molecular complexity index is 1130. The topological polar surface area (TPSA) is 69.5 Å². The Morgan fingerprint density at radius 3 is 2.45 bits per heavy atom. The summed E-state index contributed by atoms with van der Waals surface area (Å²) in [6.07, 6.45) is 8.07. The Balaban J connectivity index is 1.33. The van der Waals surface area contributed by atoms with Gasteiger partial charge in [0, 0.05) is 25.2 Å². The standard InChI is InChI=1S/C24H28N4O3/c1-16-26-22-15-25-23(30-2)14-21(22)24(29)28(16)18-6-8-19(9-7-18)31-20-10-12-27(13-11-20)17-4-3-5-17/h6-9,14-15,17,20H,3-5,10-13H2,1-2H3. The van der Waals surface area contributed by atoms with Crippen molar-refractivity contribution in [2.45, 2.75) is 51.2 Å². The van der Waals surface area contributed by atoms with Gasteiger partial charge in [-0.1, -0.05) is 6.42 Å². The lowest BCUT2D eigenvalue weighted by molar-refractivity contribution is 0.0493. The molecule has 0 atom stereocenters. The highest BCUT2D eigenvalue weighted by molar-refractivity contribution is 5.78. The van der Waals surface area contributed by atoms with E-state index >= 15 is 0 Å². The average molecular weight is 421 g/mol. The highest BCUT2D eigenvalue weighted by Crippen LogP contribution is 2.28. The summed E-state index contributed by atoms with van der Waals surface area (Å²) < 4.78 is 13.0. The van der Waals surface area contributed by atoms with Crippen LogP contribution < -0.4 is 15.0 Å². The maximum absolute atomic E-state index is 13.1. The maximum Gasteiger partial charge on any atom is 0.266 e. The van der Waals surface area contributed by atoms with E-state index in [9.17, 15) is 4.79 Å². The van der Waals surface area contributed by atoms with Crippen LogP contribution in [-0.4, -0.2) is 51.8 Å². The predicted octanol–water partition coefficient (Wildman–Crippen LogP) is 3.49. The van der Waals surface area contributed by atoms with Crippen LogP contribution in [0.25, 0.3) is 16.6 Å². The van der Waals surface area contributed by atoms with Gasteiger partial charge in [0.05, 0.1) is 29.9 Å². The average Bonchev–Trinajstić information content (AvgIpc) is 2.75. The molecule has 2 fully saturated rings. The molecule has 2 aliphatic rings. The summed E-state index contributed by atoms with van der Waals surface area (Å²) in [6.45, 7) is 4.08. The highest BCUT2D eigenvalue weighted by atomic mass is 16.5. The van der Waals surface area contributed by atoms with Crippen LogP contribution in [0.5, 0.6) is 11.6 Å². The minimum atomic E-state index is -0.139. The van der Waals surface area contributed by atoms with Gasteiger partial charge in [0.25, 0.3) is 5.56 Å². The third kappa shape index (κ3) is 3.90. The Labute approximate surface area is 181 Å². The monoisotopic (exact) mass is 420 g/mol. The highest BCUT2D eigenvalue weighted by Gasteiger charge is 2.29. The lowest BCUT2D eigenvalue weighted by atomic mass is 9.90. The largest absolute Gasteiger partial charge is 0.490 e. The van der Waals surface area contributed by atoms with Crippen molar-refractivity contribution in [1.82, 2.24) is 19.4 Å². The second-order valence-corrected chi connectivity index (χ2v) is 8.48. The number of rotatable bonds is 5. The number of benzene rings is 1. The van der Waals surface area contributed by atoms with E-state index < -0.39 is 0 Å². The molecule has 162 valence electrons. The molecule has 0 amide bonds. The van der Waals surface area contributed by atoms with Crippen molar-refractivity contribution >= 4 is 10.9 Å². The second-order valence-electron chi connectivity index (χ2n) is 8.48. The molecule has 0 unspecified atom stereocenters. The fourth-order valence-corrected chi connectivity index (χ4v) is 4.57. The van der Waals surface area contributed by atoms with Crippen LogP contribution in [-0.2, 0) is 0 Å². The molecule has 31 heavy (non-hydrogen) atoms. The van der Waals surface area contributed by atoms with E-state index in [1.807, 2.05) is 31.2 Å². The van der Waals surface area contributed by atoms with Gasteiger partial charge >= 0.3 is 0 Å². The van der Waals surface area contributed by atoms with Crippen LogP contribution in [0.15, 0.2) is 41.3 Å². The van der Waals surface area contributed by atoms with E-state index in [1.165, 1.54) is 26.4 Å². The quantitative estimate of drug-likeness (QED) is 0.629. The van der Waals surface area contributed by atoms with Gasteiger partial charge in [-0.15, -0.1) is 0 Å². The number of nitrogens with zero attached hydrogens (tertiary/aromatic N) is 4. The fourth-order valence-electron chi connectivity index (χ4n) is 4.57. The molecule has 5 rings (SSSR count). The molecule has 0 bridgehead atoms. The Hall–Kier alpha value is -2.93. The minimum absolute atomic E-state index is 0.139. The fraction of sp³-hybridized carbons (Fsp3) is 0.458. The first-order chi connectivity index (χ1) is 15.1. The smallest absolute Gasteiger partial charge is 0.266 e. The van der Waals surface area contributed by atoms with Crippen molar-refractivity contribution in [2.24, 2.45) is 0 Å². The summed E-state index contributed by atoms with van der Waals surface area (Å²) in [5.74, 6) is 1.85. The summed E-state index contributed by atoms with van der Waals surface area (Å²) >= 11 is 0. The van der Waals surface area contributed by atoms with Gasteiger partial charge in [0.15, 0.2) is 0 Å². The zero-order valence-electron chi connectivity index (χ0n) is 18.1. The summed E-state index contributed by atoms with van der Waals surface area (Å²) in [5.41, 5.74) is 1.19. The van der Waals surface area contributed by atoms with E-state index in [-0.39, 0.29) is 11.7 Å². The van der Waals surface area contributed by atoms with Crippen LogP contribution in [0.1, 0.15) is 37.9 Å². The summed E-state index contributed by atoms with van der Waals surface area (Å²) in [5, 5.41) is 0.482. The van der Waals surface area contributed by atoms with E-state index in [4.69, 9.17) is 9.47 Å². The summed E-state index contributed by atoms with van der Waals surface area (Å²) in [7, 11) is 1.53. The third-order valence-corrected chi connectivity index (χ3v) is 6.57. The first-order valence-electron chi connectivity index (χ1n) is 11.1. The normalized spacial score (nSPS) is 18.1. The van der Waals surface area contributed by atoms with Crippen molar-refractivity contribution in [3.05, 3.63) is 52.7 Å². The first-order valence-corrected chi connectivity index (χ1v) is 11.1. The van der Waals surface area contributed by atoms with E-state index in [1.54, 1.807) is 16.8 Å². The number of hydrogen-bond donors (Lipinski definition) is 0. The number of fused-ring (bicyclic) bond motifs is 1. The number of hydrogen-bond acceptors (Lipinski definition) is 6. The molecule has 2 aromatic heterocycles. The molecule has 7 heteroatoms. The van der Waals surface area contributed by atoms with Gasteiger partial charge in [-0.3, -0.25) is 9.36 Å². The number of piperidine rings is 1. The van der Waals surface area contributed by atoms with Crippen LogP contribution in [0.3, 0.4) is 0 Å². The van der Waals surface area contributed by atoms with Gasteiger partial charge < -0.3 is 14.4 Å². The molecular weight excluding hydrogens is 392 g/mol. The predicted molar refractivity (Wildman–Crippen MR) is 119 cm³/mol. The van der Waals surface area contributed by atoms with Crippen LogP contribution >= 0.6 is 0 Å². The van der Waals surface area contributed by atoms with Crippen molar-refractivity contribution in [3.8, 4) is 17.3 Å². The van der Waals surface area contributed by atoms with Crippen molar-refractivity contribution in [1.29, 1.82) is 0 Å². The molecule has 3 aromatic rings. The van der Waals surface area contributed by atoms with Crippen LogP contribution in [0, 0.1) is 6.92 Å². The summed E-state index contributed by atoms with van der Waals surface area (Å²) in [6, 6.07) is 10.2. The molecule has 0 N–H and O–H groups in total. The van der Waals surface area contributed by atoms with Gasteiger partial charge in [-0.05, 0) is 56.9 Å². The number of methoxy groups -OCH3 is 1. The van der Waals surface area contributed by atoms with Gasteiger partial charge in [-0.2, -0.15) is 0 Å². The van der Waals surface area contributed by atoms with Gasteiger partial charge in [-0.25, -0.2) is 9.97 Å². The molecular formula is C24H28N4O3. The minimum Gasteiger partial charge on any atom is -0.490 e. The second kappa shape index (κ2) is 8.30. The lowest BCUT2D eigenvalue weighted by Gasteiger charge is -2.41. The third-order valence-electron chi connectivity index (χ3n) is 6.57. The molecule has 1 saturated carbocycles. The van der Waals surface area contributed by atoms with Gasteiger partial charge in [0.1, 0.15) is 17.7 Å². The molecule has 3 heterocycles. The zero-order chi connectivity index (χ0) is 21.4. The van der Waals surface area contributed by atoms with Crippen LogP contribution in [0.2, 0.25) is 0 Å². The van der Waals surface area contributed by atoms with Crippen molar-refractivity contribution in [3.63, 3.8) is 0 Å². The van der Waals surface area contributed by atoms with E-state index in [2.05, 4.69) is 14.9 Å². The lowest BCUT2D eigenvalue weighted by Crippen LogP contribution is -2.46. The number of pyridine rings is 1. The number of aryl methyl sites for hydroxylation is 1. The van der Waals surface area contributed by atoms with Crippen LogP contribution in [0.4, 0.5) is 0 Å². The van der Waals surface area contributed by atoms with E-state index in [0.717, 1.165) is 43.4 Å². The maximum atomic E-state index is 13.1. The molecule has 0 spiro atoms. The molecule has 1 aromatic carbocycles. The number of aromatic nitrogens is 3. The van der Waals surface area contributed by atoms with Crippen molar-refractivity contribution in [2.75, 3.05) is 20.2 Å².